The van der Waals surface area contributed by atoms with E-state index in [0.29, 0.717) is 22.7 Å². The number of hydrogen-bond acceptors (Lipinski definition) is 3. The molecule has 5 heteroatoms. The highest BCUT2D eigenvalue weighted by molar-refractivity contribution is 6.34. The van der Waals surface area contributed by atoms with Crippen LogP contribution in [-0.4, -0.2) is 37.0 Å². The van der Waals surface area contributed by atoms with Gasteiger partial charge in [0, 0.05) is 18.7 Å². The minimum absolute atomic E-state index is 0.114. The summed E-state index contributed by atoms with van der Waals surface area (Å²) in [6.45, 7) is 6.04. The number of likely N-dealkylation sites (tertiary alicyclic amines) is 1. The maximum atomic E-state index is 11.1. The topological polar surface area (TPSA) is 44.4 Å². The summed E-state index contributed by atoms with van der Waals surface area (Å²) in [7, 11) is 2.18. The van der Waals surface area contributed by atoms with Gasteiger partial charge in [0.05, 0.1) is 10.7 Å². The average molecular weight is 310 g/mol. The number of carbonyl (C=O) groups is 1. The van der Waals surface area contributed by atoms with Crippen LogP contribution < -0.4 is 10.6 Å². The van der Waals surface area contributed by atoms with E-state index in [4.69, 9.17) is 11.6 Å². The second kappa shape index (κ2) is 7.14. The van der Waals surface area contributed by atoms with Gasteiger partial charge in [0.1, 0.15) is 0 Å². The number of nitrogens with one attached hydrogen (secondary N) is 2. The number of piperidine rings is 1. The van der Waals surface area contributed by atoms with Crippen molar-refractivity contribution in [3.63, 3.8) is 0 Å². The van der Waals surface area contributed by atoms with Gasteiger partial charge in [-0.3, -0.25) is 4.79 Å². The van der Waals surface area contributed by atoms with Crippen molar-refractivity contribution in [1.82, 2.24) is 4.90 Å². The molecule has 0 aromatic heterocycles. The Labute approximate surface area is 131 Å². The highest BCUT2D eigenvalue weighted by Crippen LogP contribution is 2.28. The largest absolute Gasteiger partial charge is 0.382 e. The quantitative estimate of drug-likeness (QED) is 0.895. The highest BCUT2D eigenvalue weighted by Gasteiger charge is 2.22. The number of nitrogens with zero attached hydrogens (tertiary/aromatic N) is 1. The predicted molar refractivity (Wildman–Crippen MR) is 89.1 cm³/mol. The molecule has 0 aliphatic carbocycles. The number of carbonyl (C=O) groups excluding carboxylic acids is 1. The van der Waals surface area contributed by atoms with Crippen LogP contribution in [0.4, 0.5) is 11.4 Å². The third-order valence-corrected chi connectivity index (χ3v) is 4.46. The summed E-state index contributed by atoms with van der Waals surface area (Å²) in [5.74, 6) is 0.576. The van der Waals surface area contributed by atoms with Crippen molar-refractivity contribution in [1.29, 1.82) is 0 Å². The Morgan fingerprint density at radius 3 is 2.62 bits per heavy atom. The smallest absolute Gasteiger partial charge is 0.221 e. The molecule has 0 radical (unpaired) electrons. The van der Waals surface area contributed by atoms with Gasteiger partial charge in [0.25, 0.3) is 0 Å². The summed E-state index contributed by atoms with van der Waals surface area (Å²) in [4.78, 5) is 13.4. The summed E-state index contributed by atoms with van der Waals surface area (Å²) >= 11 is 6.20. The van der Waals surface area contributed by atoms with Crippen molar-refractivity contribution in [2.45, 2.75) is 32.7 Å². The lowest BCUT2D eigenvalue weighted by molar-refractivity contribution is -0.114. The minimum atomic E-state index is -0.114. The molecule has 2 rings (SSSR count). The number of amides is 1. The first-order valence-electron chi connectivity index (χ1n) is 7.48. The molecule has 4 nitrogen and oxygen atoms in total. The van der Waals surface area contributed by atoms with Gasteiger partial charge >= 0.3 is 0 Å². The number of anilines is 2. The van der Waals surface area contributed by atoms with Crippen LogP contribution in [0.1, 0.15) is 26.7 Å². The van der Waals surface area contributed by atoms with Gasteiger partial charge in [0.2, 0.25) is 5.91 Å². The Bertz CT molecular complexity index is 498. The molecule has 0 spiro atoms. The van der Waals surface area contributed by atoms with Crippen molar-refractivity contribution in [3.05, 3.63) is 23.2 Å². The predicted octanol–water partition coefficient (Wildman–Crippen LogP) is 3.44. The zero-order valence-electron chi connectivity index (χ0n) is 12.9. The first-order chi connectivity index (χ1) is 9.95. The van der Waals surface area contributed by atoms with E-state index >= 15 is 0 Å². The standard InChI is InChI=1S/C16H24ClN3O/c1-11(13-6-8-20(3)9-7-13)18-14-4-5-16(15(17)10-14)19-12(2)21/h4-5,10-11,13,18H,6-9H2,1-3H3,(H,19,21). The fourth-order valence-electron chi connectivity index (χ4n) is 2.81. The van der Waals surface area contributed by atoms with E-state index in [0.717, 1.165) is 5.69 Å². The SMILES string of the molecule is CC(=O)Nc1ccc(NC(C)C2CCN(C)CC2)cc1Cl. The molecule has 0 bridgehead atoms. The van der Waals surface area contributed by atoms with Crippen molar-refractivity contribution in [2.24, 2.45) is 5.92 Å². The monoisotopic (exact) mass is 309 g/mol. The fraction of sp³-hybridized carbons (Fsp3) is 0.562. The second-order valence-corrected chi connectivity index (χ2v) is 6.36. The van der Waals surface area contributed by atoms with E-state index in [9.17, 15) is 4.79 Å². The van der Waals surface area contributed by atoms with Crippen LogP contribution in [0.2, 0.25) is 5.02 Å². The van der Waals surface area contributed by atoms with Crippen molar-refractivity contribution in [3.8, 4) is 0 Å². The van der Waals surface area contributed by atoms with Gasteiger partial charge in [0.15, 0.2) is 0 Å². The van der Waals surface area contributed by atoms with Crippen LogP contribution >= 0.6 is 11.6 Å². The maximum Gasteiger partial charge on any atom is 0.221 e. The zero-order chi connectivity index (χ0) is 15.4. The molecule has 21 heavy (non-hydrogen) atoms. The van der Waals surface area contributed by atoms with Gasteiger partial charge in [-0.2, -0.15) is 0 Å². The molecule has 1 aromatic rings. The van der Waals surface area contributed by atoms with E-state index in [1.807, 2.05) is 18.2 Å². The van der Waals surface area contributed by atoms with E-state index < -0.39 is 0 Å². The minimum Gasteiger partial charge on any atom is -0.382 e. The molecule has 2 N–H and O–H groups in total. The summed E-state index contributed by atoms with van der Waals surface area (Å²) < 4.78 is 0. The molecule has 1 aromatic carbocycles. The van der Waals surface area contributed by atoms with Crippen LogP contribution in [0.25, 0.3) is 0 Å². The maximum absolute atomic E-state index is 11.1. The zero-order valence-corrected chi connectivity index (χ0v) is 13.7. The summed E-state index contributed by atoms with van der Waals surface area (Å²) in [6, 6.07) is 6.09. The van der Waals surface area contributed by atoms with Crippen LogP contribution in [-0.2, 0) is 4.79 Å². The van der Waals surface area contributed by atoms with Gasteiger partial charge in [-0.05, 0) is 64.0 Å². The molecule has 0 saturated carbocycles. The van der Waals surface area contributed by atoms with Crippen molar-refractivity contribution in [2.75, 3.05) is 30.8 Å². The Hall–Kier alpha value is -1.26. The summed E-state index contributed by atoms with van der Waals surface area (Å²) in [6.07, 6.45) is 2.45. The van der Waals surface area contributed by atoms with Crippen LogP contribution in [0.5, 0.6) is 0 Å². The molecule has 1 saturated heterocycles. The van der Waals surface area contributed by atoms with E-state index in [-0.39, 0.29) is 5.91 Å². The van der Waals surface area contributed by atoms with Crippen molar-refractivity contribution >= 4 is 28.9 Å². The second-order valence-electron chi connectivity index (χ2n) is 5.95. The molecule has 1 fully saturated rings. The van der Waals surface area contributed by atoms with E-state index in [1.165, 1.54) is 32.9 Å². The summed E-state index contributed by atoms with van der Waals surface area (Å²) in [5.41, 5.74) is 1.65. The number of hydrogen-bond donors (Lipinski definition) is 2. The normalized spacial score (nSPS) is 18.3. The lowest BCUT2D eigenvalue weighted by atomic mass is 9.90. The Kier molecular flexibility index (Phi) is 5.48. The van der Waals surface area contributed by atoms with Crippen LogP contribution in [0, 0.1) is 5.92 Å². The molecule has 1 unspecified atom stereocenters. The van der Waals surface area contributed by atoms with E-state index in [1.54, 1.807) is 0 Å². The van der Waals surface area contributed by atoms with E-state index in [2.05, 4.69) is 29.5 Å². The van der Waals surface area contributed by atoms with Crippen molar-refractivity contribution < 1.29 is 4.79 Å². The average Bonchev–Trinajstić information content (AvgIpc) is 2.42. The number of halogens is 1. The van der Waals surface area contributed by atoms with Gasteiger partial charge in [-0.1, -0.05) is 11.6 Å². The molecule has 1 atom stereocenters. The third-order valence-electron chi connectivity index (χ3n) is 4.14. The van der Waals surface area contributed by atoms with Crippen LogP contribution in [0.3, 0.4) is 0 Å². The first-order valence-corrected chi connectivity index (χ1v) is 7.85. The number of benzene rings is 1. The summed E-state index contributed by atoms with van der Waals surface area (Å²) in [5, 5.41) is 6.81. The third kappa shape index (κ3) is 4.61. The fourth-order valence-corrected chi connectivity index (χ4v) is 3.03. The lowest BCUT2D eigenvalue weighted by Gasteiger charge is -2.33. The molecule has 1 amide bonds. The van der Waals surface area contributed by atoms with Gasteiger partial charge in [-0.15, -0.1) is 0 Å². The molecule has 1 aliphatic heterocycles. The Morgan fingerprint density at radius 2 is 2.05 bits per heavy atom. The van der Waals surface area contributed by atoms with Crippen LogP contribution in [0.15, 0.2) is 18.2 Å². The first kappa shape index (κ1) is 16.1. The molecule has 1 aliphatic rings. The molecular weight excluding hydrogens is 286 g/mol. The number of rotatable bonds is 4. The van der Waals surface area contributed by atoms with Gasteiger partial charge < -0.3 is 15.5 Å². The Morgan fingerprint density at radius 1 is 1.38 bits per heavy atom. The van der Waals surface area contributed by atoms with Gasteiger partial charge in [-0.25, -0.2) is 0 Å². The molecule has 1 heterocycles. The molecule has 116 valence electrons. The lowest BCUT2D eigenvalue weighted by Crippen LogP contribution is -2.37. The Balaban J connectivity index is 1.96. The highest BCUT2D eigenvalue weighted by atomic mass is 35.5. The molecular formula is C16H24ClN3O.